The highest BCUT2D eigenvalue weighted by molar-refractivity contribution is 7.91. The van der Waals surface area contributed by atoms with E-state index in [1.165, 1.54) is 24.5 Å². The number of nitrogens with one attached hydrogen (secondary N) is 2. The summed E-state index contributed by atoms with van der Waals surface area (Å²) in [6.45, 7) is 1.80. The van der Waals surface area contributed by atoms with Crippen LogP contribution in [0, 0.1) is 6.92 Å². The Morgan fingerprint density at radius 2 is 1.64 bits per heavy atom. The Balaban J connectivity index is 1.60. The molecule has 2 N–H and O–H groups in total. The van der Waals surface area contributed by atoms with Gasteiger partial charge in [0.15, 0.2) is 9.84 Å². The van der Waals surface area contributed by atoms with E-state index in [4.69, 9.17) is 9.15 Å². The molecule has 33 heavy (non-hydrogen) atoms. The number of ether oxygens (including phenoxy) is 1. The number of hydrogen-bond acceptors (Lipinski definition) is 6. The lowest BCUT2D eigenvalue weighted by Crippen LogP contribution is -2.42. The molecule has 3 aromatic rings. The summed E-state index contributed by atoms with van der Waals surface area (Å²) in [6.07, 6.45) is 1.89. The van der Waals surface area contributed by atoms with Gasteiger partial charge in [0.25, 0.3) is 0 Å². The van der Waals surface area contributed by atoms with Gasteiger partial charge in [0.2, 0.25) is 0 Å². The molecule has 1 aromatic heterocycles. The average molecular weight is 471 g/mol. The van der Waals surface area contributed by atoms with E-state index in [1.54, 1.807) is 25.3 Å². The molecular weight excluding hydrogens is 444 g/mol. The van der Waals surface area contributed by atoms with Crippen LogP contribution in [0.3, 0.4) is 0 Å². The lowest BCUT2D eigenvalue weighted by atomic mass is 10.1. The Hall–Kier alpha value is -3.59. The molecule has 0 radical (unpaired) electrons. The molecule has 0 fully saturated rings. The van der Waals surface area contributed by atoms with Crippen molar-refractivity contribution in [1.82, 2.24) is 10.6 Å². The summed E-state index contributed by atoms with van der Waals surface area (Å²) < 4.78 is 36.8. The molecule has 0 aliphatic rings. The van der Waals surface area contributed by atoms with Gasteiger partial charge in [-0.1, -0.05) is 29.8 Å². The van der Waals surface area contributed by atoms with Crippen LogP contribution in [0.1, 0.15) is 22.1 Å². The highest BCUT2D eigenvalue weighted by Crippen LogP contribution is 2.29. The first-order chi connectivity index (χ1) is 15.8. The van der Waals surface area contributed by atoms with Gasteiger partial charge in [-0.15, -0.1) is 0 Å². The van der Waals surface area contributed by atoms with Crippen LogP contribution in [0.4, 0.5) is 0 Å². The van der Waals surface area contributed by atoms with E-state index < -0.39 is 26.9 Å². The smallest absolute Gasteiger partial charge is 0.309 e. The van der Waals surface area contributed by atoms with Crippen LogP contribution in [0.25, 0.3) is 0 Å². The quantitative estimate of drug-likeness (QED) is 0.465. The number of carbonyl (C=O) groups is 2. The number of sulfone groups is 1. The second-order valence-electron chi connectivity index (χ2n) is 7.43. The molecule has 1 atom stereocenters. The summed E-state index contributed by atoms with van der Waals surface area (Å²) in [5, 5.41) is 3.78. The summed E-state index contributed by atoms with van der Waals surface area (Å²) in [5.41, 5.74) is 1.89. The first-order valence-electron chi connectivity index (χ1n) is 10.3. The standard InChI is InChI=1S/C24H26N2O6S/c1-17-5-11-20(12-6-17)33(29,30)22(21-4-3-15-32-21)16-26-24(28)23(27)25-14-13-18-7-9-19(31-2)10-8-18/h3-12,15,22H,13-14,16H2,1-2H3,(H,25,27)(H,26,28)/t22-/m0/s1. The highest BCUT2D eigenvalue weighted by atomic mass is 32.2. The van der Waals surface area contributed by atoms with Gasteiger partial charge in [0.1, 0.15) is 16.8 Å². The lowest BCUT2D eigenvalue weighted by Gasteiger charge is -2.17. The predicted molar refractivity (Wildman–Crippen MR) is 123 cm³/mol. The second kappa shape index (κ2) is 10.8. The summed E-state index contributed by atoms with van der Waals surface area (Å²) in [4.78, 5) is 24.6. The van der Waals surface area contributed by atoms with Gasteiger partial charge in [0, 0.05) is 13.1 Å². The van der Waals surface area contributed by atoms with Crippen molar-refractivity contribution < 1.29 is 27.2 Å². The first-order valence-corrected chi connectivity index (χ1v) is 11.9. The molecule has 0 saturated carbocycles. The van der Waals surface area contributed by atoms with E-state index in [1.807, 2.05) is 31.2 Å². The van der Waals surface area contributed by atoms with Crippen LogP contribution >= 0.6 is 0 Å². The van der Waals surface area contributed by atoms with Gasteiger partial charge < -0.3 is 19.8 Å². The largest absolute Gasteiger partial charge is 0.497 e. The van der Waals surface area contributed by atoms with E-state index in [-0.39, 0.29) is 23.7 Å². The molecule has 9 heteroatoms. The van der Waals surface area contributed by atoms with E-state index in [9.17, 15) is 18.0 Å². The van der Waals surface area contributed by atoms with Crippen molar-refractivity contribution in [1.29, 1.82) is 0 Å². The van der Waals surface area contributed by atoms with Crippen molar-refractivity contribution in [2.45, 2.75) is 23.5 Å². The van der Waals surface area contributed by atoms with Crippen LogP contribution in [-0.2, 0) is 25.8 Å². The highest BCUT2D eigenvalue weighted by Gasteiger charge is 2.32. The minimum atomic E-state index is -3.87. The summed E-state index contributed by atoms with van der Waals surface area (Å²) in [7, 11) is -2.29. The maximum atomic E-state index is 13.2. The maximum Gasteiger partial charge on any atom is 0.309 e. The molecule has 0 bridgehead atoms. The molecule has 0 aliphatic heterocycles. The molecule has 1 heterocycles. The molecule has 174 valence electrons. The summed E-state index contributed by atoms with van der Waals surface area (Å²) in [6, 6.07) is 16.9. The van der Waals surface area contributed by atoms with Crippen molar-refractivity contribution >= 4 is 21.7 Å². The van der Waals surface area contributed by atoms with Crippen molar-refractivity contribution in [2.75, 3.05) is 20.2 Å². The third kappa shape index (κ3) is 6.23. The zero-order valence-electron chi connectivity index (χ0n) is 18.4. The van der Waals surface area contributed by atoms with Gasteiger partial charge in [0.05, 0.1) is 18.3 Å². The zero-order valence-corrected chi connectivity index (χ0v) is 19.2. The minimum Gasteiger partial charge on any atom is -0.497 e. The number of benzene rings is 2. The molecule has 8 nitrogen and oxygen atoms in total. The van der Waals surface area contributed by atoms with Gasteiger partial charge in [-0.25, -0.2) is 8.42 Å². The third-order valence-electron chi connectivity index (χ3n) is 5.10. The molecule has 0 aliphatic carbocycles. The van der Waals surface area contributed by atoms with Crippen molar-refractivity contribution in [2.24, 2.45) is 0 Å². The Kier molecular flexibility index (Phi) is 7.89. The molecule has 2 aromatic carbocycles. The van der Waals surface area contributed by atoms with Gasteiger partial charge in [-0.3, -0.25) is 9.59 Å². The molecular formula is C24H26N2O6S. The average Bonchev–Trinajstić information content (AvgIpc) is 3.34. The number of carbonyl (C=O) groups excluding carboxylic acids is 2. The molecule has 2 amide bonds. The molecule has 0 saturated heterocycles. The zero-order chi connectivity index (χ0) is 23.8. The number of furan rings is 1. The first kappa shape index (κ1) is 24.1. The molecule has 0 spiro atoms. The lowest BCUT2D eigenvalue weighted by molar-refractivity contribution is -0.139. The van der Waals surface area contributed by atoms with E-state index in [0.717, 1.165) is 16.9 Å². The van der Waals surface area contributed by atoms with Crippen molar-refractivity contribution in [3.63, 3.8) is 0 Å². The maximum absolute atomic E-state index is 13.2. The van der Waals surface area contributed by atoms with Crippen molar-refractivity contribution in [3.05, 3.63) is 83.8 Å². The number of aryl methyl sites for hydroxylation is 1. The molecule has 0 unspecified atom stereocenters. The fraction of sp³-hybridized carbons (Fsp3) is 0.250. The van der Waals surface area contributed by atoms with E-state index in [2.05, 4.69) is 10.6 Å². The number of amides is 2. The normalized spacial score (nSPS) is 12.1. The summed E-state index contributed by atoms with van der Waals surface area (Å²) in [5.74, 6) is -0.848. The number of rotatable bonds is 9. The van der Waals surface area contributed by atoms with E-state index >= 15 is 0 Å². The summed E-state index contributed by atoms with van der Waals surface area (Å²) >= 11 is 0. The van der Waals surface area contributed by atoms with Crippen LogP contribution in [0.2, 0.25) is 0 Å². The van der Waals surface area contributed by atoms with Crippen LogP contribution in [-0.4, -0.2) is 40.4 Å². The SMILES string of the molecule is COc1ccc(CCNC(=O)C(=O)NC[C@@H](c2ccco2)S(=O)(=O)c2ccc(C)cc2)cc1. The topological polar surface area (TPSA) is 115 Å². The monoisotopic (exact) mass is 470 g/mol. The fourth-order valence-electron chi connectivity index (χ4n) is 3.19. The van der Waals surface area contributed by atoms with Crippen LogP contribution < -0.4 is 15.4 Å². The third-order valence-corrected chi connectivity index (χ3v) is 7.17. The van der Waals surface area contributed by atoms with Gasteiger partial charge in [-0.2, -0.15) is 0 Å². The van der Waals surface area contributed by atoms with Crippen LogP contribution in [0.15, 0.2) is 76.2 Å². The number of methoxy groups -OCH3 is 1. The van der Waals surface area contributed by atoms with Gasteiger partial charge in [-0.05, 0) is 55.3 Å². The Labute approximate surface area is 192 Å². The second-order valence-corrected chi connectivity index (χ2v) is 9.56. The Morgan fingerprint density at radius 1 is 0.970 bits per heavy atom. The number of hydrogen-bond donors (Lipinski definition) is 2. The van der Waals surface area contributed by atoms with Gasteiger partial charge >= 0.3 is 11.8 Å². The Morgan fingerprint density at radius 3 is 2.24 bits per heavy atom. The Bertz CT molecular complexity index is 1170. The minimum absolute atomic E-state index is 0.104. The van der Waals surface area contributed by atoms with E-state index in [0.29, 0.717) is 6.42 Å². The molecule has 3 rings (SSSR count). The van der Waals surface area contributed by atoms with Crippen molar-refractivity contribution in [3.8, 4) is 5.75 Å². The fourth-order valence-corrected chi connectivity index (χ4v) is 4.78. The van der Waals surface area contributed by atoms with Crippen LogP contribution in [0.5, 0.6) is 5.75 Å². The predicted octanol–water partition coefficient (Wildman–Crippen LogP) is 2.59.